The van der Waals surface area contributed by atoms with E-state index in [0.29, 0.717) is 44.3 Å². The van der Waals surface area contributed by atoms with Crippen LogP contribution >= 0.6 is 0 Å². The normalized spacial score (nSPS) is 19.2. The Kier molecular flexibility index (Phi) is 8.39. The zero-order valence-corrected chi connectivity index (χ0v) is 20.0. The Labute approximate surface area is 205 Å². The minimum Gasteiger partial charge on any atom is -0.503 e. The topological polar surface area (TPSA) is 92.5 Å². The molecule has 0 spiro atoms. The van der Waals surface area contributed by atoms with E-state index in [1.54, 1.807) is 17.0 Å². The Morgan fingerprint density at radius 2 is 2.03 bits per heavy atom. The van der Waals surface area contributed by atoms with Gasteiger partial charge in [0.05, 0.1) is 37.7 Å². The lowest BCUT2D eigenvalue weighted by Gasteiger charge is -2.30. The first-order chi connectivity index (χ1) is 17.1. The number of rotatable bonds is 11. The standard InChI is InChI=1S/C27H32N2O6/c1-2-15-34-22-7-3-6-20(19-22)25-24(23(30)10-9-21-8-4-16-35-21)26(31)27(32)29(25)12-5-11-28-13-17-33-18-14-28/h3-4,6-10,16,19,25,31H,2,5,11-15,17-18H2,1H3. The van der Waals surface area contributed by atoms with Gasteiger partial charge in [0, 0.05) is 26.2 Å². The van der Waals surface area contributed by atoms with E-state index in [4.69, 9.17) is 13.9 Å². The lowest BCUT2D eigenvalue weighted by Crippen LogP contribution is -2.39. The van der Waals surface area contributed by atoms with Crippen LogP contribution < -0.4 is 4.74 Å². The van der Waals surface area contributed by atoms with Crippen LogP contribution in [0.1, 0.15) is 37.1 Å². The third kappa shape index (κ3) is 6.01. The van der Waals surface area contributed by atoms with Crippen LogP contribution in [0.25, 0.3) is 6.08 Å². The van der Waals surface area contributed by atoms with Crippen molar-refractivity contribution in [3.8, 4) is 5.75 Å². The van der Waals surface area contributed by atoms with E-state index < -0.39 is 23.5 Å². The third-order valence-electron chi connectivity index (χ3n) is 6.14. The van der Waals surface area contributed by atoms with Crippen LogP contribution in [0.2, 0.25) is 0 Å². The Balaban J connectivity index is 1.59. The van der Waals surface area contributed by atoms with Crippen molar-refractivity contribution in [1.82, 2.24) is 9.80 Å². The fraction of sp³-hybridized carbons (Fsp3) is 0.407. The molecule has 2 aliphatic rings. The first kappa shape index (κ1) is 24.8. The molecule has 1 unspecified atom stereocenters. The maximum absolute atomic E-state index is 13.2. The molecule has 0 bridgehead atoms. The van der Waals surface area contributed by atoms with Crippen molar-refractivity contribution >= 4 is 17.8 Å². The fourth-order valence-electron chi connectivity index (χ4n) is 4.40. The van der Waals surface area contributed by atoms with Gasteiger partial charge in [0.1, 0.15) is 11.5 Å². The lowest BCUT2D eigenvalue weighted by atomic mass is 9.95. The van der Waals surface area contributed by atoms with Crippen molar-refractivity contribution in [2.24, 2.45) is 0 Å². The monoisotopic (exact) mass is 480 g/mol. The van der Waals surface area contributed by atoms with Crippen molar-refractivity contribution in [3.63, 3.8) is 0 Å². The van der Waals surface area contributed by atoms with Gasteiger partial charge in [-0.2, -0.15) is 0 Å². The number of amides is 1. The zero-order valence-electron chi connectivity index (χ0n) is 20.0. The molecule has 1 atom stereocenters. The van der Waals surface area contributed by atoms with Crippen molar-refractivity contribution in [3.05, 3.63) is 71.4 Å². The molecule has 1 N–H and O–H groups in total. The summed E-state index contributed by atoms with van der Waals surface area (Å²) in [5, 5.41) is 10.8. The average molecular weight is 481 g/mol. The molecule has 1 aromatic heterocycles. The summed E-state index contributed by atoms with van der Waals surface area (Å²) in [4.78, 5) is 30.2. The largest absolute Gasteiger partial charge is 0.503 e. The number of hydrogen-bond acceptors (Lipinski definition) is 7. The number of carbonyl (C=O) groups is 2. The van der Waals surface area contributed by atoms with Crippen molar-refractivity contribution in [1.29, 1.82) is 0 Å². The molecule has 3 heterocycles. The van der Waals surface area contributed by atoms with Gasteiger partial charge in [0.2, 0.25) is 0 Å². The highest BCUT2D eigenvalue weighted by Gasteiger charge is 2.42. The molecular formula is C27H32N2O6. The second-order valence-electron chi connectivity index (χ2n) is 8.60. The summed E-state index contributed by atoms with van der Waals surface area (Å²) in [6.07, 6.45) is 5.96. The smallest absolute Gasteiger partial charge is 0.290 e. The highest BCUT2D eigenvalue weighted by Crippen LogP contribution is 2.39. The molecule has 1 amide bonds. The number of aliphatic hydroxyl groups excluding tert-OH is 1. The number of benzene rings is 1. The first-order valence-electron chi connectivity index (χ1n) is 12.1. The molecule has 0 saturated carbocycles. The predicted octanol–water partition coefficient (Wildman–Crippen LogP) is 3.77. The molecule has 2 aliphatic heterocycles. The molecule has 0 radical (unpaired) electrons. The fourth-order valence-corrected chi connectivity index (χ4v) is 4.40. The Morgan fingerprint density at radius 1 is 1.20 bits per heavy atom. The Bertz CT molecular complexity index is 1070. The molecule has 4 rings (SSSR count). The number of furan rings is 1. The van der Waals surface area contributed by atoms with Gasteiger partial charge in [-0.05, 0) is 54.8 Å². The van der Waals surface area contributed by atoms with Crippen LogP contribution in [0.4, 0.5) is 0 Å². The van der Waals surface area contributed by atoms with Crippen molar-refractivity contribution in [2.75, 3.05) is 46.0 Å². The SMILES string of the molecule is CCCOc1cccc(C2C(C(=O)C=Cc3ccco3)=C(O)C(=O)N2CCCN2CCOCC2)c1. The molecule has 2 aromatic rings. The number of hydrogen-bond donors (Lipinski definition) is 1. The summed E-state index contributed by atoms with van der Waals surface area (Å²) < 4.78 is 16.5. The Hall–Kier alpha value is -3.36. The van der Waals surface area contributed by atoms with E-state index in [9.17, 15) is 14.7 Å². The highest BCUT2D eigenvalue weighted by atomic mass is 16.5. The van der Waals surface area contributed by atoms with Crippen LogP contribution in [0.15, 0.2) is 64.5 Å². The van der Waals surface area contributed by atoms with Crippen LogP contribution in [-0.2, 0) is 14.3 Å². The zero-order chi connectivity index (χ0) is 24.6. The number of aliphatic hydroxyl groups is 1. The van der Waals surface area contributed by atoms with Crippen LogP contribution in [0.5, 0.6) is 5.75 Å². The van der Waals surface area contributed by atoms with Crippen molar-refractivity contribution < 1.29 is 28.6 Å². The molecule has 1 saturated heterocycles. The number of allylic oxidation sites excluding steroid dienone is 1. The summed E-state index contributed by atoms with van der Waals surface area (Å²) in [6, 6.07) is 10.1. The minimum absolute atomic E-state index is 0.0665. The van der Waals surface area contributed by atoms with Gasteiger partial charge in [-0.25, -0.2) is 0 Å². The summed E-state index contributed by atoms with van der Waals surface area (Å²) in [7, 11) is 0. The van der Waals surface area contributed by atoms with E-state index in [0.717, 1.165) is 31.6 Å². The van der Waals surface area contributed by atoms with E-state index in [-0.39, 0.29) is 5.57 Å². The van der Waals surface area contributed by atoms with E-state index in [1.165, 1.54) is 18.4 Å². The quantitative estimate of drug-likeness (QED) is 0.490. The Morgan fingerprint density at radius 3 is 2.77 bits per heavy atom. The molecule has 1 fully saturated rings. The summed E-state index contributed by atoms with van der Waals surface area (Å²) >= 11 is 0. The first-order valence-corrected chi connectivity index (χ1v) is 12.1. The number of morpholine rings is 1. The highest BCUT2D eigenvalue weighted by molar-refractivity contribution is 6.14. The van der Waals surface area contributed by atoms with Gasteiger partial charge in [-0.3, -0.25) is 14.5 Å². The van der Waals surface area contributed by atoms with Crippen LogP contribution in [0.3, 0.4) is 0 Å². The number of ketones is 1. The maximum Gasteiger partial charge on any atom is 0.290 e. The average Bonchev–Trinajstić information content (AvgIpc) is 3.49. The van der Waals surface area contributed by atoms with Gasteiger partial charge in [0.15, 0.2) is 11.5 Å². The van der Waals surface area contributed by atoms with E-state index in [1.807, 2.05) is 31.2 Å². The summed E-state index contributed by atoms with van der Waals surface area (Å²) in [5.74, 6) is -0.305. The molecule has 1 aromatic carbocycles. The molecule has 8 nitrogen and oxygen atoms in total. The van der Waals surface area contributed by atoms with Crippen LogP contribution in [0, 0.1) is 0 Å². The van der Waals surface area contributed by atoms with Gasteiger partial charge in [-0.1, -0.05) is 19.1 Å². The third-order valence-corrected chi connectivity index (χ3v) is 6.14. The van der Waals surface area contributed by atoms with Crippen LogP contribution in [-0.4, -0.2) is 72.6 Å². The molecule has 35 heavy (non-hydrogen) atoms. The van der Waals surface area contributed by atoms with Gasteiger partial charge < -0.3 is 23.9 Å². The number of carbonyl (C=O) groups excluding carboxylic acids is 2. The minimum atomic E-state index is -0.703. The number of ether oxygens (including phenoxy) is 2. The van der Waals surface area contributed by atoms with E-state index in [2.05, 4.69) is 4.90 Å². The van der Waals surface area contributed by atoms with Gasteiger partial charge in [0.25, 0.3) is 5.91 Å². The second kappa shape index (κ2) is 11.9. The molecule has 8 heteroatoms. The number of nitrogens with zero attached hydrogens (tertiary/aromatic N) is 2. The van der Waals surface area contributed by atoms with E-state index >= 15 is 0 Å². The lowest BCUT2D eigenvalue weighted by molar-refractivity contribution is -0.129. The summed E-state index contributed by atoms with van der Waals surface area (Å²) in [5.41, 5.74) is 0.786. The molecule has 0 aliphatic carbocycles. The van der Waals surface area contributed by atoms with Gasteiger partial charge >= 0.3 is 0 Å². The summed E-state index contributed by atoms with van der Waals surface area (Å²) in [6.45, 7) is 6.94. The molecular weight excluding hydrogens is 448 g/mol. The van der Waals surface area contributed by atoms with Crippen molar-refractivity contribution in [2.45, 2.75) is 25.8 Å². The maximum atomic E-state index is 13.2. The van der Waals surface area contributed by atoms with Gasteiger partial charge in [-0.15, -0.1) is 0 Å². The second-order valence-corrected chi connectivity index (χ2v) is 8.60. The molecule has 186 valence electrons. The predicted molar refractivity (Wildman–Crippen MR) is 131 cm³/mol.